The largest absolute Gasteiger partial charge is 0.491 e. The van der Waals surface area contributed by atoms with Gasteiger partial charge in [-0.25, -0.2) is 13.2 Å². The fourth-order valence-corrected chi connectivity index (χ4v) is 2.80. The van der Waals surface area contributed by atoms with Gasteiger partial charge in [-0.05, 0) is 30.2 Å². The number of ether oxygens (including phenoxy) is 1. The van der Waals surface area contributed by atoms with Crippen LogP contribution >= 0.6 is 0 Å². The van der Waals surface area contributed by atoms with Crippen LogP contribution in [0.25, 0.3) is 28.3 Å². The van der Waals surface area contributed by atoms with Crippen LogP contribution in [0.2, 0.25) is 0 Å². The highest BCUT2D eigenvalue weighted by Crippen LogP contribution is 2.32. The van der Waals surface area contributed by atoms with Gasteiger partial charge in [0.05, 0.1) is 6.61 Å². The van der Waals surface area contributed by atoms with E-state index in [-0.39, 0.29) is 29.0 Å². The van der Waals surface area contributed by atoms with Crippen molar-refractivity contribution in [3.05, 3.63) is 83.9 Å². The first kappa shape index (κ1) is 18.7. The lowest BCUT2D eigenvalue weighted by Crippen LogP contribution is -1.98. The summed E-state index contributed by atoms with van der Waals surface area (Å²) in [6, 6.07) is 11.7. The zero-order chi connectivity index (χ0) is 19.6. The molecule has 0 bridgehead atoms. The van der Waals surface area contributed by atoms with Crippen LogP contribution in [0, 0.1) is 23.3 Å². The van der Waals surface area contributed by atoms with Crippen LogP contribution < -0.4 is 4.74 Å². The summed E-state index contributed by atoms with van der Waals surface area (Å²) in [6.45, 7) is 5.33. The van der Waals surface area contributed by atoms with Crippen molar-refractivity contribution in [2.24, 2.45) is 0 Å². The highest BCUT2D eigenvalue weighted by molar-refractivity contribution is 5.72. The minimum atomic E-state index is -1.06. The summed E-state index contributed by atoms with van der Waals surface area (Å²) in [7, 11) is 0. The van der Waals surface area contributed by atoms with Crippen molar-refractivity contribution in [1.82, 2.24) is 0 Å². The number of halogens is 4. The Morgan fingerprint density at radius 2 is 1.26 bits per heavy atom. The first-order valence-electron chi connectivity index (χ1n) is 8.30. The Hall–Kier alpha value is -3.08. The fraction of sp³-hybridized carbons (Fsp3) is 0.0909. The first-order chi connectivity index (χ1) is 13.0. The fourth-order valence-electron chi connectivity index (χ4n) is 2.80. The Balaban J connectivity index is 1.98. The molecule has 0 amide bonds. The molecule has 0 aliphatic rings. The predicted molar refractivity (Wildman–Crippen MR) is 98.4 cm³/mol. The molecule has 0 saturated heterocycles. The maximum Gasteiger partial charge on any atom is 0.201 e. The van der Waals surface area contributed by atoms with Crippen molar-refractivity contribution >= 4 is 6.08 Å². The average molecular weight is 372 g/mol. The standard InChI is InChI=1S/C22H16F4O/c1-3-13-9-10-16(20(24)19(13)23)14-5-7-15(8-6-14)17-11-12-18(27-4-2)22(26)21(17)25/h3,5-12H,1,4H2,2H3. The molecule has 0 atom stereocenters. The van der Waals surface area contributed by atoms with Gasteiger partial charge in [0.15, 0.2) is 23.2 Å². The Morgan fingerprint density at radius 1 is 0.741 bits per heavy atom. The lowest BCUT2D eigenvalue weighted by Gasteiger charge is -2.10. The summed E-state index contributed by atoms with van der Waals surface area (Å²) in [5.41, 5.74) is 1.01. The van der Waals surface area contributed by atoms with E-state index in [0.717, 1.165) is 0 Å². The van der Waals surface area contributed by atoms with Gasteiger partial charge in [-0.15, -0.1) is 0 Å². The monoisotopic (exact) mass is 372 g/mol. The van der Waals surface area contributed by atoms with E-state index in [4.69, 9.17) is 4.74 Å². The lowest BCUT2D eigenvalue weighted by molar-refractivity contribution is 0.314. The molecule has 0 aliphatic heterocycles. The summed E-state index contributed by atoms with van der Waals surface area (Å²) < 4.78 is 61.6. The highest BCUT2D eigenvalue weighted by Gasteiger charge is 2.17. The molecule has 0 fully saturated rings. The molecule has 0 radical (unpaired) electrons. The molecule has 0 aliphatic carbocycles. The third kappa shape index (κ3) is 3.45. The summed E-state index contributed by atoms with van der Waals surface area (Å²) in [4.78, 5) is 0. The first-order valence-corrected chi connectivity index (χ1v) is 8.30. The summed E-state index contributed by atoms with van der Waals surface area (Å²) >= 11 is 0. The zero-order valence-corrected chi connectivity index (χ0v) is 14.5. The van der Waals surface area contributed by atoms with Crippen molar-refractivity contribution in [3.8, 4) is 28.0 Å². The second-order valence-electron chi connectivity index (χ2n) is 5.78. The number of hydrogen-bond acceptors (Lipinski definition) is 1. The van der Waals surface area contributed by atoms with Gasteiger partial charge in [0, 0.05) is 16.7 Å². The van der Waals surface area contributed by atoms with E-state index in [2.05, 4.69) is 6.58 Å². The van der Waals surface area contributed by atoms with Gasteiger partial charge in [-0.2, -0.15) is 4.39 Å². The van der Waals surface area contributed by atoms with Crippen LogP contribution in [0.5, 0.6) is 5.75 Å². The van der Waals surface area contributed by atoms with Crippen LogP contribution in [-0.2, 0) is 0 Å². The molecular weight excluding hydrogens is 356 g/mol. The minimum Gasteiger partial charge on any atom is -0.491 e. The molecule has 0 saturated carbocycles. The number of benzene rings is 3. The van der Waals surface area contributed by atoms with Crippen molar-refractivity contribution < 1.29 is 22.3 Å². The molecule has 0 N–H and O–H groups in total. The van der Waals surface area contributed by atoms with Gasteiger partial charge >= 0.3 is 0 Å². The highest BCUT2D eigenvalue weighted by atomic mass is 19.2. The van der Waals surface area contributed by atoms with Crippen LogP contribution in [0.3, 0.4) is 0 Å². The van der Waals surface area contributed by atoms with E-state index >= 15 is 0 Å². The second-order valence-corrected chi connectivity index (χ2v) is 5.78. The van der Waals surface area contributed by atoms with E-state index in [0.29, 0.717) is 11.1 Å². The zero-order valence-electron chi connectivity index (χ0n) is 14.5. The Morgan fingerprint density at radius 3 is 1.78 bits per heavy atom. The Bertz CT molecular complexity index is 994. The summed E-state index contributed by atoms with van der Waals surface area (Å²) in [6.07, 6.45) is 1.23. The quantitative estimate of drug-likeness (QED) is 0.457. The van der Waals surface area contributed by atoms with E-state index in [1.54, 1.807) is 6.92 Å². The molecule has 0 unspecified atom stereocenters. The molecular formula is C22H16F4O. The molecule has 0 heterocycles. The van der Waals surface area contributed by atoms with E-state index in [9.17, 15) is 17.6 Å². The van der Waals surface area contributed by atoms with Crippen molar-refractivity contribution in [3.63, 3.8) is 0 Å². The van der Waals surface area contributed by atoms with Crippen molar-refractivity contribution in [1.29, 1.82) is 0 Å². The maximum atomic E-state index is 14.3. The van der Waals surface area contributed by atoms with Crippen molar-refractivity contribution in [2.45, 2.75) is 6.92 Å². The summed E-state index contributed by atoms with van der Waals surface area (Å²) in [5.74, 6) is -4.22. The predicted octanol–water partition coefficient (Wildman–Crippen LogP) is 6.62. The number of rotatable bonds is 5. The molecule has 138 valence electrons. The van der Waals surface area contributed by atoms with Gasteiger partial charge in [-0.3, -0.25) is 0 Å². The smallest absolute Gasteiger partial charge is 0.201 e. The van der Waals surface area contributed by atoms with Gasteiger partial charge < -0.3 is 4.74 Å². The van der Waals surface area contributed by atoms with Crippen molar-refractivity contribution in [2.75, 3.05) is 6.61 Å². The minimum absolute atomic E-state index is 0.0520. The van der Waals surface area contributed by atoms with Gasteiger partial charge in [0.2, 0.25) is 5.82 Å². The van der Waals surface area contributed by atoms with E-state index in [1.165, 1.54) is 54.6 Å². The number of hydrogen-bond donors (Lipinski definition) is 0. The molecule has 3 aromatic carbocycles. The van der Waals surface area contributed by atoms with Crippen LogP contribution in [0.1, 0.15) is 12.5 Å². The van der Waals surface area contributed by atoms with Crippen LogP contribution in [0.4, 0.5) is 17.6 Å². The van der Waals surface area contributed by atoms with Gasteiger partial charge in [-0.1, -0.05) is 49.1 Å². The van der Waals surface area contributed by atoms with Gasteiger partial charge in [0.1, 0.15) is 0 Å². The molecule has 0 spiro atoms. The van der Waals surface area contributed by atoms with Crippen LogP contribution in [0.15, 0.2) is 55.1 Å². The summed E-state index contributed by atoms with van der Waals surface area (Å²) in [5, 5.41) is 0. The third-order valence-electron chi connectivity index (χ3n) is 4.19. The molecule has 0 aromatic heterocycles. The molecule has 1 nitrogen and oxygen atoms in total. The Labute approximate surface area is 154 Å². The maximum absolute atomic E-state index is 14.3. The topological polar surface area (TPSA) is 9.23 Å². The molecule has 5 heteroatoms. The van der Waals surface area contributed by atoms with E-state index < -0.39 is 23.3 Å². The van der Waals surface area contributed by atoms with Crippen LogP contribution in [-0.4, -0.2) is 6.61 Å². The normalized spacial score (nSPS) is 10.7. The molecule has 27 heavy (non-hydrogen) atoms. The molecule has 3 aromatic rings. The average Bonchev–Trinajstić information content (AvgIpc) is 2.68. The molecule has 3 rings (SSSR count). The van der Waals surface area contributed by atoms with Gasteiger partial charge in [0.25, 0.3) is 0 Å². The third-order valence-corrected chi connectivity index (χ3v) is 4.19. The lowest BCUT2D eigenvalue weighted by atomic mass is 9.98. The van der Waals surface area contributed by atoms with E-state index in [1.807, 2.05) is 0 Å². The Kier molecular flexibility index (Phi) is 5.31. The second kappa shape index (κ2) is 7.66. The SMILES string of the molecule is C=Cc1ccc(-c2ccc(-c3ccc(OCC)c(F)c3F)cc2)c(F)c1F.